The fourth-order valence-electron chi connectivity index (χ4n) is 7.53. The van der Waals surface area contributed by atoms with Crippen LogP contribution in [0.5, 0.6) is 0 Å². The number of esters is 2. The molecule has 2 fully saturated rings. The summed E-state index contributed by atoms with van der Waals surface area (Å²) in [7, 11) is -5.15. The van der Waals surface area contributed by atoms with E-state index in [4.69, 9.17) is 23.3 Å². The maximum absolute atomic E-state index is 12.9. The van der Waals surface area contributed by atoms with Crippen molar-refractivity contribution in [2.24, 2.45) is 0 Å². The number of aliphatic hydroxyl groups excluding tert-OH is 5. The predicted octanol–water partition coefficient (Wildman–Crippen LogP) is 9.49. The first-order chi connectivity index (χ1) is 31.9. The molecule has 0 spiro atoms. The number of hydrogen-bond acceptors (Lipinski definition) is 13. The minimum atomic E-state index is -5.15. The highest BCUT2D eigenvalue weighted by atomic mass is 31.2. The zero-order chi connectivity index (χ0) is 48.3. The van der Waals surface area contributed by atoms with Gasteiger partial charge in [-0.25, -0.2) is 4.57 Å². The summed E-state index contributed by atoms with van der Waals surface area (Å²) in [4.78, 5) is 35.9. The van der Waals surface area contributed by atoms with Gasteiger partial charge in [-0.15, -0.1) is 0 Å². The molecule has 0 aromatic rings. The molecule has 5 unspecified atom stereocenters. The highest BCUT2D eigenvalue weighted by Gasteiger charge is 2.51. The number of phosphoric acid groups is 1. The summed E-state index contributed by atoms with van der Waals surface area (Å²) in [5.41, 5.74) is 0. The molecular weight excluding hydrogens is 868 g/mol. The van der Waals surface area contributed by atoms with Crippen molar-refractivity contribution in [3.8, 4) is 0 Å². The fraction of sp³-hybridized carbons (Fsp3) is 0.765. The summed E-state index contributed by atoms with van der Waals surface area (Å²) >= 11 is 0. The van der Waals surface area contributed by atoms with Crippen LogP contribution >= 0.6 is 7.82 Å². The molecule has 2 rings (SSSR count). The highest BCUT2D eigenvalue weighted by Crippen LogP contribution is 2.47. The van der Waals surface area contributed by atoms with Crippen LogP contribution < -0.4 is 0 Å². The number of aliphatic hydroxyl groups is 5. The van der Waals surface area contributed by atoms with Crippen LogP contribution in [0.1, 0.15) is 181 Å². The van der Waals surface area contributed by atoms with E-state index in [1.54, 1.807) is 0 Å². The Bertz CT molecular complexity index is 1450. The maximum atomic E-state index is 12.9. The fourth-order valence-corrected chi connectivity index (χ4v) is 8.50. The van der Waals surface area contributed by atoms with Crippen LogP contribution in [-0.4, -0.2) is 111 Å². The van der Waals surface area contributed by atoms with Gasteiger partial charge in [-0.05, 0) is 83.5 Å². The van der Waals surface area contributed by atoms with E-state index in [0.29, 0.717) is 19.3 Å². The van der Waals surface area contributed by atoms with E-state index in [1.165, 1.54) is 70.6 Å². The van der Waals surface area contributed by atoms with Crippen LogP contribution in [0.25, 0.3) is 0 Å². The van der Waals surface area contributed by atoms with Gasteiger partial charge < -0.3 is 44.6 Å². The van der Waals surface area contributed by atoms with E-state index >= 15 is 0 Å². The second kappa shape index (κ2) is 37.4. The molecule has 66 heavy (non-hydrogen) atoms. The van der Waals surface area contributed by atoms with Gasteiger partial charge in [0.25, 0.3) is 0 Å². The first kappa shape index (κ1) is 59.6. The van der Waals surface area contributed by atoms with Gasteiger partial charge in [0.1, 0.15) is 43.2 Å². The molecule has 10 atom stereocenters. The van der Waals surface area contributed by atoms with Crippen molar-refractivity contribution in [1.29, 1.82) is 0 Å². The minimum Gasteiger partial charge on any atom is -0.462 e. The Hall–Kier alpha value is -2.49. The number of hydrogen-bond donors (Lipinski definition) is 6. The number of unbranched alkanes of at least 4 members (excludes halogenated alkanes) is 16. The summed E-state index contributed by atoms with van der Waals surface area (Å²) in [5, 5.41) is 50.3. The van der Waals surface area contributed by atoms with Crippen molar-refractivity contribution < 1.29 is 67.8 Å². The molecule has 1 aliphatic carbocycles. The second-order valence-electron chi connectivity index (χ2n) is 17.7. The lowest BCUT2D eigenvalue weighted by Gasteiger charge is -2.41. The standard InChI is InChI=1S/C51H87O14P/c1-3-5-7-9-11-13-14-15-16-17-18-19-20-21-22-24-26-28-33-37-44(52)61-39-41(40-62-66(59,60)65-51-49(57)47(55)46(54)48(56)50(51)58)63-45(53)38-34-30-29-32-36-43-42(64-43)35-31-27-25-23-12-10-8-6-4-2/h11-13,15-16,23,27,29,31-32,41-43,46-51,54-58H,3-10,14,17-22,24-26,28,30,33-40H2,1-2H3,(H,59,60)/b13-11-,16-15-,23-12-,31-27-,32-29-/t41-,42?,43?,46?,47-,48+,49-,50-,51?/m1/s1. The van der Waals surface area contributed by atoms with Gasteiger partial charge in [-0.2, -0.15) is 0 Å². The maximum Gasteiger partial charge on any atom is 0.472 e. The van der Waals surface area contributed by atoms with Gasteiger partial charge in [0.05, 0.1) is 18.8 Å². The van der Waals surface area contributed by atoms with Crippen molar-refractivity contribution in [3.63, 3.8) is 0 Å². The Balaban J connectivity index is 1.70. The monoisotopic (exact) mass is 955 g/mol. The zero-order valence-corrected chi connectivity index (χ0v) is 41.1. The predicted molar refractivity (Wildman–Crippen MR) is 257 cm³/mol. The lowest BCUT2D eigenvalue weighted by atomic mass is 9.85. The van der Waals surface area contributed by atoms with Crippen LogP contribution in [0.4, 0.5) is 0 Å². The lowest BCUT2D eigenvalue weighted by Crippen LogP contribution is -2.64. The Morgan fingerprint density at radius 1 is 0.530 bits per heavy atom. The van der Waals surface area contributed by atoms with Crippen molar-refractivity contribution in [3.05, 3.63) is 60.8 Å². The van der Waals surface area contributed by atoms with Crippen LogP contribution in [0.3, 0.4) is 0 Å². The minimum absolute atomic E-state index is 0.00966. The molecule has 1 heterocycles. The second-order valence-corrected chi connectivity index (χ2v) is 19.1. The average molecular weight is 955 g/mol. The van der Waals surface area contributed by atoms with Crippen LogP contribution in [0, 0.1) is 0 Å². The normalized spacial score (nSPS) is 24.8. The third-order valence-electron chi connectivity index (χ3n) is 11.7. The smallest absolute Gasteiger partial charge is 0.462 e. The molecule has 0 bridgehead atoms. The number of carbonyl (C=O) groups is 2. The molecule has 1 aliphatic heterocycles. The number of phosphoric ester groups is 1. The van der Waals surface area contributed by atoms with E-state index in [2.05, 4.69) is 62.5 Å². The van der Waals surface area contributed by atoms with E-state index in [1.807, 2.05) is 12.2 Å². The summed E-state index contributed by atoms with van der Waals surface area (Å²) in [6.07, 6.45) is 34.3. The van der Waals surface area contributed by atoms with Crippen molar-refractivity contribution in [1.82, 2.24) is 0 Å². The summed E-state index contributed by atoms with van der Waals surface area (Å²) < 4.78 is 39.3. The topological polar surface area (TPSA) is 222 Å². The number of carbonyl (C=O) groups excluding carboxylic acids is 2. The van der Waals surface area contributed by atoms with Crippen LogP contribution in [0.15, 0.2) is 60.8 Å². The third kappa shape index (κ3) is 28.7. The first-order valence-electron chi connectivity index (χ1n) is 25.2. The molecule has 6 N–H and O–H groups in total. The molecule has 1 saturated heterocycles. The third-order valence-corrected chi connectivity index (χ3v) is 12.7. The highest BCUT2D eigenvalue weighted by molar-refractivity contribution is 7.47. The van der Waals surface area contributed by atoms with Crippen LogP contribution in [-0.2, 0) is 37.4 Å². The molecule has 1 saturated carbocycles. The zero-order valence-electron chi connectivity index (χ0n) is 40.2. The van der Waals surface area contributed by atoms with Gasteiger partial charge in [0.2, 0.25) is 0 Å². The van der Waals surface area contributed by atoms with E-state index in [0.717, 1.165) is 64.2 Å². The number of epoxide rings is 1. The van der Waals surface area contributed by atoms with E-state index < -0.39 is 75.7 Å². The van der Waals surface area contributed by atoms with Gasteiger partial charge in [0, 0.05) is 12.8 Å². The first-order valence-corrected chi connectivity index (χ1v) is 26.7. The molecule has 2 aliphatic rings. The number of rotatable bonds is 40. The Morgan fingerprint density at radius 3 is 1.50 bits per heavy atom. The molecule has 15 heteroatoms. The van der Waals surface area contributed by atoms with Gasteiger partial charge >= 0.3 is 19.8 Å². The number of ether oxygens (including phenoxy) is 3. The van der Waals surface area contributed by atoms with Crippen molar-refractivity contribution in [2.45, 2.75) is 236 Å². The quantitative estimate of drug-likeness (QED) is 0.0111. The Labute approximate surface area is 396 Å². The molecule has 0 amide bonds. The number of allylic oxidation sites excluding steroid dienone is 8. The van der Waals surface area contributed by atoms with E-state index in [-0.39, 0.29) is 25.0 Å². The molecule has 0 aromatic heterocycles. The van der Waals surface area contributed by atoms with Gasteiger partial charge in [-0.1, -0.05) is 145 Å². The SMILES string of the molecule is CCCCC/C=C\C/C=C\CCCCCCCCCCCC(=O)OC[C@H](COP(=O)(O)OC1[C@H](O)[C@H](O)C(O)[C@H](O)[C@H]1O)OC(=O)CCC/C=C\CC1OC1C/C=C\C/C=C\CCCCC. The molecule has 14 nitrogen and oxygen atoms in total. The summed E-state index contributed by atoms with van der Waals surface area (Å²) in [5.74, 6) is -1.18. The van der Waals surface area contributed by atoms with Crippen molar-refractivity contribution >= 4 is 19.8 Å². The lowest BCUT2D eigenvalue weighted by molar-refractivity contribution is -0.220. The molecular formula is C51H87O14P. The Kier molecular flexibility index (Phi) is 33.8. The van der Waals surface area contributed by atoms with Gasteiger partial charge in [0.15, 0.2) is 6.10 Å². The van der Waals surface area contributed by atoms with Crippen molar-refractivity contribution in [2.75, 3.05) is 13.2 Å². The molecule has 0 aromatic carbocycles. The Morgan fingerprint density at radius 2 is 0.955 bits per heavy atom. The van der Waals surface area contributed by atoms with Crippen LogP contribution in [0.2, 0.25) is 0 Å². The largest absolute Gasteiger partial charge is 0.472 e. The van der Waals surface area contributed by atoms with E-state index in [9.17, 15) is 44.6 Å². The summed E-state index contributed by atoms with van der Waals surface area (Å²) in [6.45, 7) is 3.19. The van der Waals surface area contributed by atoms with Gasteiger partial charge in [-0.3, -0.25) is 18.6 Å². The summed E-state index contributed by atoms with van der Waals surface area (Å²) in [6, 6.07) is 0. The molecule has 380 valence electrons. The average Bonchev–Trinajstić information content (AvgIpc) is 4.06. The molecule has 0 radical (unpaired) electrons.